The van der Waals surface area contributed by atoms with E-state index in [1.165, 1.54) is 0 Å². The van der Waals surface area contributed by atoms with E-state index in [0.29, 0.717) is 0 Å². The standard InChI is InChI=1S/C13H25O7PS/c1-5-17-12(14)9-11(10-13(15)18-6-2)22-21(16,19-7-3)20-8-4/h11H,5-10H2,1-4H3. The third kappa shape index (κ3) is 9.46. The Bertz CT molecular complexity index is 359. The summed E-state index contributed by atoms with van der Waals surface area (Å²) in [5.41, 5.74) is 0. The molecule has 0 saturated heterocycles. The second-order valence-electron chi connectivity index (χ2n) is 4.03. The van der Waals surface area contributed by atoms with E-state index in [-0.39, 0.29) is 39.3 Å². The minimum atomic E-state index is -3.42. The van der Waals surface area contributed by atoms with Crippen LogP contribution >= 0.6 is 18.2 Å². The van der Waals surface area contributed by atoms with Gasteiger partial charge in [-0.25, -0.2) is 4.57 Å². The van der Waals surface area contributed by atoms with Crippen molar-refractivity contribution in [2.45, 2.75) is 45.8 Å². The van der Waals surface area contributed by atoms with Crippen LogP contribution in [0, 0.1) is 0 Å². The fraction of sp³-hybridized carbons (Fsp3) is 0.846. The molecule has 7 nitrogen and oxygen atoms in total. The van der Waals surface area contributed by atoms with E-state index in [1.807, 2.05) is 0 Å². The Kier molecular flexibility index (Phi) is 11.6. The molecule has 0 bridgehead atoms. The van der Waals surface area contributed by atoms with Gasteiger partial charge in [-0.15, -0.1) is 0 Å². The molecule has 130 valence electrons. The molecule has 0 aromatic rings. The molecule has 0 aliphatic heterocycles. The summed E-state index contributed by atoms with van der Waals surface area (Å²) in [6, 6.07) is 0. The Morgan fingerprint density at radius 2 is 1.27 bits per heavy atom. The number of carbonyl (C=O) groups excluding carboxylic acids is 2. The van der Waals surface area contributed by atoms with Gasteiger partial charge in [-0.2, -0.15) is 0 Å². The molecular formula is C13H25O7PS. The van der Waals surface area contributed by atoms with Gasteiger partial charge >= 0.3 is 18.7 Å². The zero-order valence-corrected chi connectivity index (χ0v) is 15.2. The molecule has 0 aromatic heterocycles. The second kappa shape index (κ2) is 11.9. The molecule has 0 atom stereocenters. The summed E-state index contributed by atoms with van der Waals surface area (Å²) in [6.45, 7) is 4.23. The summed E-state index contributed by atoms with van der Waals surface area (Å²) in [6.07, 6.45) is -0.136. The monoisotopic (exact) mass is 356 g/mol. The predicted octanol–water partition coefficient (Wildman–Crippen LogP) is 3.18. The van der Waals surface area contributed by atoms with Gasteiger partial charge in [0.15, 0.2) is 0 Å². The summed E-state index contributed by atoms with van der Waals surface area (Å²) < 4.78 is 32.6. The lowest BCUT2D eigenvalue weighted by atomic mass is 10.2. The molecule has 0 N–H and O–H groups in total. The van der Waals surface area contributed by atoms with Crippen molar-refractivity contribution in [2.24, 2.45) is 0 Å². The number of hydrogen-bond donors (Lipinski definition) is 0. The maximum Gasteiger partial charge on any atom is 0.389 e. The lowest BCUT2D eigenvalue weighted by molar-refractivity contribution is -0.144. The molecule has 0 unspecified atom stereocenters. The van der Waals surface area contributed by atoms with Gasteiger partial charge in [0.05, 0.1) is 39.3 Å². The molecule has 0 radical (unpaired) electrons. The number of ether oxygens (including phenoxy) is 2. The van der Waals surface area contributed by atoms with Gasteiger partial charge in [-0.1, -0.05) is 0 Å². The van der Waals surface area contributed by atoms with Crippen molar-refractivity contribution < 1.29 is 32.7 Å². The normalized spacial score (nSPS) is 11.5. The largest absolute Gasteiger partial charge is 0.466 e. The lowest BCUT2D eigenvalue weighted by Crippen LogP contribution is -2.19. The maximum absolute atomic E-state index is 12.5. The Balaban J connectivity index is 4.90. The van der Waals surface area contributed by atoms with Crippen molar-refractivity contribution in [2.75, 3.05) is 26.4 Å². The van der Waals surface area contributed by atoms with E-state index in [1.54, 1.807) is 27.7 Å². The summed E-state index contributed by atoms with van der Waals surface area (Å²) in [5.74, 6) is -0.937. The number of esters is 2. The quantitative estimate of drug-likeness (QED) is 0.389. The highest BCUT2D eigenvalue weighted by molar-refractivity contribution is 8.55. The van der Waals surface area contributed by atoms with Crippen LogP contribution in [0.5, 0.6) is 0 Å². The van der Waals surface area contributed by atoms with Crippen molar-refractivity contribution in [1.29, 1.82) is 0 Å². The molecule has 0 aromatic carbocycles. The van der Waals surface area contributed by atoms with E-state index in [4.69, 9.17) is 18.5 Å². The molecule has 0 spiro atoms. The average Bonchev–Trinajstić information content (AvgIpc) is 2.39. The smallest absolute Gasteiger partial charge is 0.389 e. The Labute approximate surface area is 135 Å². The van der Waals surface area contributed by atoms with Crippen LogP contribution in [0.15, 0.2) is 0 Å². The molecule has 9 heteroatoms. The molecule has 0 aliphatic rings. The van der Waals surface area contributed by atoms with Gasteiger partial charge in [-0.3, -0.25) is 9.59 Å². The molecule has 22 heavy (non-hydrogen) atoms. The second-order valence-corrected chi connectivity index (χ2v) is 8.29. The third-order valence-electron chi connectivity index (χ3n) is 2.25. The van der Waals surface area contributed by atoms with E-state index in [2.05, 4.69) is 0 Å². The number of carbonyl (C=O) groups is 2. The van der Waals surface area contributed by atoms with Gasteiger partial charge in [0.2, 0.25) is 0 Å². The van der Waals surface area contributed by atoms with Crippen molar-refractivity contribution in [3.8, 4) is 0 Å². The highest BCUT2D eigenvalue weighted by atomic mass is 32.7. The summed E-state index contributed by atoms with van der Waals surface area (Å²) in [4.78, 5) is 23.3. The summed E-state index contributed by atoms with van der Waals surface area (Å²) in [7, 11) is 0. The van der Waals surface area contributed by atoms with Gasteiger partial charge < -0.3 is 18.5 Å². The van der Waals surface area contributed by atoms with Crippen LogP contribution in [0.1, 0.15) is 40.5 Å². The molecule has 0 saturated carbocycles. The zero-order valence-electron chi connectivity index (χ0n) is 13.5. The van der Waals surface area contributed by atoms with Gasteiger partial charge in [0.1, 0.15) is 0 Å². The van der Waals surface area contributed by atoms with E-state index in [9.17, 15) is 14.2 Å². The maximum atomic E-state index is 12.5. The Morgan fingerprint density at radius 1 is 0.864 bits per heavy atom. The minimum absolute atomic E-state index is 0.0680. The first-order valence-electron chi connectivity index (χ1n) is 7.29. The molecule has 0 heterocycles. The number of rotatable bonds is 12. The lowest BCUT2D eigenvalue weighted by Gasteiger charge is -2.21. The van der Waals surface area contributed by atoms with Gasteiger partial charge in [-0.05, 0) is 39.1 Å². The minimum Gasteiger partial charge on any atom is -0.466 e. The summed E-state index contributed by atoms with van der Waals surface area (Å²) in [5, 5.41) is -0.595. The topological polar surface area (TPSA) is 88.1 Å². The van der Waals surface area contributed by atoms with E-state index in [0.717, 1.165) is 11.4 Å². The van der Waals surface area contributed by atoms with Gasteiger partial charge in [0.25, 0.3) is 0 Å². The van der Waals surface area contributed by atoms with Crippen LogP contribution in [0.25, 0.3) is 0 Å². The highest BCUT2D eigenvalue weighted by Crippen LogP contribution is 2.63. The van der Waals surface area contributed by atoms with Crippen LogP contribution in [-0.4, -0.2) is 43.6 Å². The van der Waals surface area contributed by atoms with Crippen molar-refractivity contribution in [3.05, 3.63) is 0 Å². The molecule has 0 rings (SSSR count). The highest BCUT2D eigenvalue weighted by Gasteiger charge is 2.32. The van der Waals surface area contributed by atoms with Crippen LogP contribution in [-0.2, 0) is 32.7 Å². The molecule has 0 amide bonds. The van der Waals surface area contributed by atoms with Crippen LogP contribution in [0.2, 0.25) is 0 Å². The first kappa shape index (κ1) is 21.4. The fourth-order valence-corrected chi connectivity index (χ4v) is 5.71. The Hall–Kier alpha value is -0.560. The average molecular weight is 356 g/mol. The molecule has 0 fully saturated rings. The van der Waals surface area contributed by atoms with Crippen LogP contribution in [0.3, 0.4) is 0 Å². The van der Waals surface area contributed by atoms with Crippen molar-refractivity contribution in [3.63, 3.8) is 0 Å². The van der Waals surface area contributed by atoms with Crippen LogP contribution in [0.4, 0.5) is 0 Å². The summed E-state index contributed by atoms with van der Waals surface area (Å²) >= 11 is 0.859. The SMILES string of the molecule is CCOC(=O)CC(CC(=O)OCC)SP(=O)(OCC)OCC. The Morgan fingerprint density at radius 3 is 1.59 bits per heavy atom. The van der Waals surface area contributed by atoms with Crippen molar-refractivity contribution >= 4 is 30.1 Å². The zero-order chi connectivity index (χ0) is 17.0. The van der Waals surface area contributed by atoms with Crippen molar-refractivity contribution in [1.82, 2.24) is 0 Å². The van der Waals surface area contributed by atoms with Crippen LogP contribution < -0.4 is 0 Å². The third-order valence-corrected chi connectivity index (χ3v) is 6.59. The van der Waals surface area contributed by atoms with Gasteiger partial charge in [0, 0.05) is 5.25 Å². The first-order chi connectivity index (χ1) is 10.4. The molecular weight excluding hydrogens is 331 g/mol. The van der Waals surface area contributed by atoms with E-state index >= 15 is 0 Å². The van der Waals surface area contributed by atoms with E-state index < -0.39 is 24.0 Å². The molecule has 0 aliphatic carbocycles. The first-order valence-corrected chi connectivity index (χ1v) is 10.3. The number of hydrogen-bond acceptors (Lipinski definition) is 8. The predicted molar refractivity (Wildman–Crippen MR) is 84.7 cm³/mol. The fourth-order valence-electron chi connectivity index (χ4n) is 1.56.